The Kier molecular flexibility index (Phi) is 6.35. The third-order valence-electron chi connectivity index (χ3n) is 4.70. The van der Waals surface area contributed by atoms with Crippen LogP contribution in [-0.4, -0.2) is 68.9 Å². The Morgan fingerprint density at radius 3 is 2.35 bits per heavy atom. The first kappa shape index (κ1) is 22.7. The first-order valence-corrected chi connectivity index (χ1v) is 10.2. The van der Waals surface area contributed by atoms with E-state index in [0.717, 1.165) is 0 Å². The van der Waals surface area contributed by atoms with Gasteiger partial charge in [-0.3, -0.25) is 9.69 Å². The predicted molar refractivity (Wildman–Crippen MR) is 109 cm³/mol. The highest BCUT2D eigenvalue weighted by atomic mass is 16.6. The second kappa shape index (κ2) is 8.66. The number of nitrogens with one attached hydrogen (secondary N) is 1. The largest absolute Gasteiger partial charge is 0.444 e. The zero-order chi connectivity index (χ0) is 22.8. The number of alkyl carbamates (subject to hydrolysis) is 1. The van der Waals surface area contributed by atoms with E-state index in [0.29, 0.717) is 50.1 Å². The molecule has 3 heterocycles. The molecule has 1 fully saturated rings. The highest BCUT2D eigenvalue weighted by Gasteiger charge is 2.32. The van der Waals surface area contributed by atoms with Crippen LogP contribution in [0.1, 0.15) is 62.6 Å². The second-order valence-corrected chi connectivity index (χ2v) is 9.16. The minimum Gasteiger partial charge on any atom is -0.444 e. The average Bonchev–Trinajstić information content (AvgIpc) is 3.29. The van der Waals surface area contributed by atoms with E-state index in [1.54, 1.807) is 52.5 Å². The summed E-state index contributed by atoms with van der Waals surface area (Å²) in [7, 11) is 0. The van der Waals surface area contributed by atoms with Crippen molar-refractivity contribution in [1.82, 2.24) is 30.4 Å². The third-order valence-corrected chi connectivity index (χ3v) is 4.70. The van der Waals surface area contributed by atoms with Crippen molar-refractivity contribution >= 4 is 12.0 Å². The van der Waals surface area contributed by atoms with E-state index in [1.807, 2.05) is 0 Å². The topological polar surface area (TPSA) is 127 Å². The molecular weight excluding hydrogens is 404 g/mol. The van der Waals surface area contributed by atoms with Gasteiger partial charge >= 0.3 is 6.09 Å². The molecular formula is C20H30N6O5. The number of rotatable bonds is 5. The highest BCUT2D eigenvalue weighted by molar-refractivity contribution is 5.91. The van der Waals surface area contributed by atoms with Gasteiger partial charge in [-0.05, 0) is 41.5 Å². The molecule has 2 amide bonds. The van der Waals surface area contributed by atoms with Crippen LogP contribution in [0.25, 0.3) is 0 Å². The molecule has 1 aliphatic heterocycles. The van der Waals surface area contributed by atoms with Crippen LogP contribution in [0.4, 0.5) is 4.79 Å². The lowest BCUT2D eigenvalue weighted by molar-refractivity contribution is 0.0464. The minimum atomic E-state index is -0.857. The van der Waals surface area contributed by atoms with Gasteiger partial charge in [-0.25, -0.2) is 4.79 Å². The van der Waals surface area contributed by atoms with Crippen molar-refractivity contribution in [2.45, 2.75) is 59.2 Å². The summed E-state index contributed by atoms with van der Waals surface area (Å²) < 4.78 is 15.7. The number of piperazine rings is 1. The molecule has 11 nitrogen and oxygen atoms in total. The fourth-order valence-corrected chi connectivity index (χ4v) is 3.11. The van der Waals surface area contributed by atoms with E-state index in [9.17, 15) is 9.59 Å². The van der Waals surface area contributed by atoms with E-state index >= 15 is 0 Å². The summed E-state index contributed by atoms with van der Waals surface area (Å²) in [6.07, 6.45) is -0.549. The van der Waals surface area contributed by atoms with Crippen LogP contribution in [0.5, 0.6) is 0 Å². The first-order valence-electron chi connectivity index (χ1n) is 10.2. The number of nitrogens with zero attached hydrogens (tertiary/aromatic N) is 5. The lowest BCUT2D eigenvalue weighted by Gasteiger charge is -2.33. The van der Waals surface area contributed by atoms with Crippen molar-refractivity contribution in [2.75, 3.05) is 26.2 Å². The lowest BCUT2D eigenvalue weighted by Crippen LogP contribution is -2.48. The Labute approximate surface area is 181 Å². The fraction of sp³-hybridized carbons (Fsp3) is 0.650. The Morgan fingerprint density at radius 2 is 1.77 bits per heavy atom. The van der Waals surface area contributed by atoms with Gasteiger partial charge in [0.15, 0.2) is 5.82 Å². The summed E-state index contributed by atoms with van der Waals surface area (Å²) in [6.45, 7) is 13.6. The molecule has 0 bridgehead atoms. The smallest absolute Gasteiger partial charge is 0.408 e. The summed E-state index contributed by atoms with van der Waals surface area (Å²) in [5.41, 5.74) is -0.777. The molecule has 0 unspecified atom stereocenters. The molecule has 1 aliphatic rings. The molecule has 0 aromatic carbocycles. The number of hydrogen-bond donors (Lipinski definition) is 1. The van der Waals surface area contributed by atoms with Crippen molar-refractivity contribution in [3.8, 4) is 0 Å². The molecule has 0 spiro atoms. The molecule has 0 aliphatic carbocycles. The van der Waals surface area contributed by atoms with Gasteiger partial charge in [0, 0.05) is 32.2 Å². The molecule has 3 rings (SSSR count). The van der Waals surface area contributed by atoms with E-state index in [-0.39, 0.29) is 11.7 Å². The Balaban J connectivity index is 1.52. The standard InChI is InChI=1S/C20H30N6O5/c1-13-11-14(30-23-13)16(27)26-9-7-25(8-10-26)12-15-21-17(24-31-15)20(5,6)22-18(28)29-19(2,3)4/h11H,7-10,12H2,1-6H3,(H,22,28). The van der Waals surface area contributed by atoms with Gasteiger partial charge in [-0.1, -0.05) is 10.3 Å². The van der Waals surface area contributed by atoms with E-state index in [1.165, 1.54) is 0 Å². The zero-order valence-electron chi connectivity index (χ0n) is 18.9. The molecule has 11 heteroatoms. The van der Waals surface area contributed by atoms with Crippen LogP contribution in [0, 0.1) is 6.92 Å². The summed E-state index contributed by atoms with van der Waals surface area (Å²) in [4.78, 5) is 32.8. The summed E-state index contributed by atoms with van der Waals surface area (Å²) >= 11 is 0. The maximum atomic E-state index is 12.5. The molecule has 31 heavy (non-hydrogen) atoms. The van der Waals surface area contributed by atoms with Gasteiger partial charge in [0.05, 0.1) is 12.2 Å². The van der Waals surface area contributed by atoms with Gasteiger partial charge in [-0.15, -0.1) is 0 Å². The molecule has 0 atom stereocenters. The van der Waals surface area contributed by atoms with Crippen molar-refractivity contribution in [3.63, 3.8) is 0 Å². The first-order chi connectivity index (χ1) is 14.4. The van der Waals surface area contributed by atoms with Crippen molar-refractivity contribution < 1.29 is 23.4 Å². The van der Waals surface area contributed by atoms with Crippen molar-refractivity contribution in [3.05, 3.63) is 29.2 Å². The second-order valence-electron chi connectivity index (χ2n) is 9.16. The quantitative estimate of drug-likeness (QED) is 0.752. The summed E-state index contributed by atoms with van der Waals surface area (Å²) in [5.74, 6) is 0.907. The van der Waals surface area contributed by atoms with Gasteiger partial charge in [-0.2, -0.15) is 4.98 Å². The number of aromatic nitrogens is 3. The number of carbonyl (C=O) groups is 2. The SMILES string of the molecule is Cc1cc(C(=O)N2CCN(Cc3nc(C(C)(C)NC(=O)OC(C)(C)C)no3)CC2)on1. The van der Waals surface area contributed by atoms with Gasteiger partial charge < -0.3 is 24.0 Å². The number of hydrogen-bond acceptors (Lipinski definition) is 9. The van der Waals surface area contributed by atoms with E-state index < -0.39 is 17.2 Å². The van der Waals surface area contributed by atoms with Crippen LogP contribution in [0.2, 0.25) is 0 Å². The number of ether oxygens (including phenoxy) is 1. The third kappa shape index (κ3) is 6.03. The molecule has 0 saturated carbocycles. The molecule has 2 aromatic heterocycles. The monoisotopic (exact) mass is 434 g/mol. The molecule has 0 radical (unpaired) electrons. The normalized spacial score (nSPS) is 15.7. The van der Waals surface area contributed by atoms with Gasteiger partial charge in [0.1, 0.15) is 11.1 Å². The van der Waals surface area contributed by atoms with Crippen LogP contribution >= 0.6 is 0 Å². The molecule has 170 valence electrons. The van der Waals surface area contributed by atoms with Crippen molar-refractivity contribution in [2.24, 2.45) is 0 Å². The zero-order valence-corrected chi connectivity index (χ0v) is 18.9. The lowest BCUT2D eigenvalue weighted by atomic mass is 10.1. The predicted octanol–water partition coefficient (Wildman–Crippen LogP) is 2.08. The summed E-state index contributed by atoms with van der Waals surface area (Å²) in [6, 6.07) is 1.64. The van der Waals surface area contributed by atoms with Crippen LogP contribution < -0.4 is 5.32 Å². The van der Waals surface area contributed by atoms with E-state index in [2.05, 4.69) is 25.5 Å². The van der Waals surface area contributed by atoms with Crippen molar-refractivity contribution in [1.29, 1.82) is 0 Å². The van der Waals surface area contributed by atoms with Crippen LogP contribution in [-0.2, 0) is 16.8 Å². The number of aryl methyl sites for hydroxylation is 1. The van der Waals surface area contributed by atoms with Gasteiger partial charge in [0.2, 0.25) is 11.7 Å². The summed E-state index contributed by atoms with van der Waals surface area (Å²) in [5, 5.41) is 10.6. The Bertz CT molecular complexity index is 921. The molecule has 2 aromatic rings. The van der Waals surface area contributed by atoms with Gasteiger partial charge in [0.25, 0.3) is 5.91 Å². The highest BCUT2D eigenvalue weighted by Crippen LogP contribution is 2.19. The maximum Gasteiger partial charge on any atom is 0.408 e. The van der Waals surface area contributed by atoms with Crippen LogP contribution in [0.3, 0.4) is 0 Å². The average molecular weight is 434 g/mol. The Morgan fingerprint density at radius 1 is 1.10 bits per heavy atom. The number of amides is 2. The van der Waals surface area contributed by atoms with E-state index in [4.69, 9.17) is 13.8 Å². The van der Waals surface area contributed by atoms with Crippen LogP contribution in [0.15, 0.2) is 15.1 Å². The number of carbonyl (C=O) groups excluding carboxylic acids is 2. The fourth-order valence-electron chi connectivity index (χ4n) is 3.11. The maximum absolute atomic E-state index is 12.5. The Hall–Kier alpha value is -2.95. The molecule has 1 saturated heterocycles. The minimum absolute atomic E-state index is 0.157. The molecule has 1 N–H and O–H groups in total.